The Morgan fingerprint density at radius 1 is 1.27 bits per heavy atom. The van der Waals surface area contributed by atoms with Crippen molar-refractivity contribution in [3.05, 3.63) is 0 Å². The van der Waals surface area contributed by atoms with Gasteiger partial charge in [0, 0.05) is 6.61 Å². The molecule has 0 aliphatic carbocycles. The number of piperidine rings is 1. The number of likely N-dealkylation sites (tertiary alicyclic amines) is 1. The van der Waals surface area contributed by atoms with Gasteiger partial charge in [0.1, 0.15) is 0 Å². The van der Waals surface area contributed by atoms with E-state index in [1.54, 1.807) is 0 Å². The highest BCUT2D eigenvalue weighted by atomic mass is 16.3. The molecular formula is C12H26N2O. The van der Waals surface area contributed by atoms with Crippen LogP contribution >= 0.6 is 0 Å². The molecule has 0 aromatic rings. The van der Waals surface area contributed by atoms with Crippen molar-refractivity contribution in [1.82, 2.24) is 10.2 Å². The summed E-state index contributed by atoms with van der Waals surface area (Å²) in [7, 11) is 0. The van der Waals surface area contributed by atoms with Gasteiger partial charge in [0.2, 0.25) is 0 Å². The first-order valence-corrected chi connectivity index (χ1v) is 6.40. The number of rotatable bonds is 7. The summed E-state index contributed by atoms with van der Waals surface area (Å²) in [6.45, 7) is 8.45. The summed E-state index contributed by atoms with van der Waals surface area (Å²) in [6, 6.07) is 0. The maximum absolute atomic E-state index is 9.02. The number of nitrogens with one attached hydrogen (secondary N) is 1. The van der Waals surface area contributed by atoms with Gasteiger partial charge in [-0.1, -0.05) is 6.92 Å². The summed E-state index contributed by atoms with van der Waals surface area (Å²) in [6.07, 6.45) is 4.84. The molecule has 3 nitrogen and oxygen atoms in total. The Morgan fingerprint density at radius 2 is 2.00 bits per heavy atom. The number of hydrogen-bond acceptors (Lipinski definition) is 3. The number of aliphatic hydroxyl groups is 1. The van der Waals surface area contributed by atoms with Crippen LogP contribution in [0.1, 0.15) is 32.6 Å². The predicted molar refractivity (Wildman–Crippen MR) is 64.0 cm³/mol. The maximum Gasteiger partial charge on any atom is 0.0460 e. The lowest BCUT2D eigenvalue weighted by Crippen LogP contribution is -2.36. The first-order chi connectivity index (χ1) is 7.36. The monoisotopic (exact) mass is 214 g/mol. The fourth-order valence-corrected chi connectivity index (χ4v) is 2.12. The van der Waals surface area contributed by atoms with Crippen LogP contribution in [0.15, 0.2) is 0 Å². The lowest BCUT2D eigenvalue weighted by Gasteiger charge is -2.30. The van der Waals surface area contributed by atoms with Gasteiger partial charge in [-0.25, -0.2) is 0 Å². The summed E-state index contributed by atoms with van der Waals surface area (Å²) in [5.74, 6) is 0.569. The molecule has 90 valence electrons. The summed E-state index contributed by atoms with van der Waals surface area (Å²) < 4.78 is 0. The third-order valence-electron chi connectivity index (χ3n) is 3.22. The Labute approximate surface area is 93.9 Å². The molecule has 1 aliphatic heterocycles. The molecule has 3 heteroatoms. The van der Waals surface area contributed by atoms with Crippen LogP contribution in [0.3, 0.4) is 0 Å². The van der Waals surface area contributed by atoms with E-state index in [2.05, 4.69) is 17.1 Å². The summed E-state index contributed by atoms with van der Waals surface area (Å²) in [5.41, 5.74) is 0. The maximum atomic E-state index is 9.02. The quantitative estimate of drug-likeness (QED) is 0.623. The molecule has 15 heavy (non-hydrogen) atoms. The van der Waals surface area contributed by atoms with Gasteiger partial charge < -0.3 is 15.3 Å². The van der Waals surface area contributed by atoms with E-state index in [1.165, 1.54) is 45.3 Å². The molecule has 0 radical (unpaired) electrons. The largest absolute Gasteiger partial charge is 0.396 e. The molecule has 0 bridgehead atoms. The first-order valence-electron chi connectivity index (χ1n) is 6.40. The van der Waals surface area contributed by atoms with Gasteiger partial charge in [-0.05, 0) is 64.3 Å². The van der Waals surface area contributed by atoms with Crippen LogP contribution in [0.2, 0.25) is 0 Å². The topological polar surface area (TPSA) is 35.5 Å². The lowest BCUT2D eigenvalue weighted by molar-refractivity contribution is 0.131. The van der Waals surface area contributed by atoms with Gasteiger partial charge in [0.05, 0.1) is 0 Å². The fourth-order valence-electron chi connectivity index (χ4n) is 2.12. The third kappa shape index (κ3) is 5.50. The molecule has 0 spiro atoms. The molecule has 0 atom stereocenters. The normalized spacial score (nSPS) is 19.6. The Kier molecular flexibility index (Phi) is 6.98. The highest BCUT2D eigenvalue weighted by Crippen LogP contribution is 2.15. The van der Waals surface area contributed by atoms with Gasteiger partial charge in [-0.15, -0.1) is 0 Å². The van der Waals surface area contributed by atoms with Gasteiger partial charge >= 0.3 is 0 Å². The molecule has 2 N–H and O–H groups in total. The van der Waals surface area contributed by atoms with Crippen molar-refractivity contribution in [3.63, 3.8) is 0 Å². The van der Waals surface area contributed by atoms with Crippen molar-refractivity contribution in [2.24, 2.45) is 5.92 Å². The van der Waals surface area contributed by atoms with Crippen molar-refractivity contribution >= 4 is 0 Å². The second kappa shape index (κ2) is 8.08. The van der Waals surface area contributed by atoms with Crippen molar-refractivity contribution in [2.75, 3.05) is 39.3 Å². The molecule has 0 aromatic heterocycles. The predicted octanol–water partition coefficient (Wildman–Crippen LogP) is 1.08. The average Bonchev–Trinajstić information content (AvgIpc) is 2.30. The van der Waals surface area contributed by atoms with Crippen molar-refractivity contribution < 1.29 is 5.11 Å². The van der Waals surface area contributed by atoms with Crippen LogP contribution in [-0.4, -0.2) is 49.3 Å². The summed E-state index contributed by atoms with van der Waals surface area (Å²) in [5, 5.41) is 12.4. The van der Waals surface area contributed by atoms with Crippen molar-refractivity contribution in [1.29, 1.82) is 0 Å². The third-order valence-corrected chi connectivity index (χ3v) is 3.22. The minimum absolute atomic E-state index is 0.381. The molecule has 1 heterocycles. The zero-order valence-electron chi connectivity index (χ0n) is 10.0. The first kappa shape index (κ1) is 12.9. The van der Waals surface area contributed by atoms with Crippen molar-refractivity contribution in [3.8, 4) is 0 Å². The van der Waals surface area contributed by atoms with Gasteiger partial charge in [0.25, 0.3) is 0 Å². The van der Waals surface area contributed by atoms with E-state index in [1.807, 2.05) is 0 Å². The Morgan fingerprint density at radius 3 is 2.60 bits per heavy atom. The molecule has 0 unspecified atom stereocenters. The second-order valence-corrected chi connectivity index (χ2v) is 4.57. The number of aliphatic hydroxyl groups excluding tert-OH is 1. The molecule has 1 aliphatic rings. The van der Waals surface area contributed by atoms with Crippen LogP contribution in [0.4, 0.5) is 0 Å². The summed E-state index contributed by atoms with van der Waals surface area (Å²) >= 11 is 0. The van der Waals surface area contributed by atoms with Gasteiger partial charge in [-0.3, -0.25) is 0 Å². The Bertz CT molecular complexity index is 145. The van der Waals surface area contributed by atoms with Crippen LogP contribution < -0.4 is 5.32 Å². The Balaban J connectivity index is 1.94. The van der Waals surface area contributed by atoms with E-state index in [9.17, 15) is 0 Å². The number of hydrogen-bond donors (Lipinski definition) is 2. The number of nitrogens with zero attached hydrogens (tertiary/aromatic N) is 1. The molecule has 0 amide bonds. The van der Waals surface area contributed by atoms with Gasteiger partial charge in [0.15, 0.2) is 0 Å². The zero-order chi connectivity index (χ0) is 10.9. The highest BCUT2D eigenvalue weighted by Gasteiger charge is 2.17. The lowest BCUT2D eigenvalue weighted by atomic mass is 9.98. The van der Waals surface area contributed by atoms with E-state index in [4.69, 9.17) is 5.11 Å². The van der Waals surface area contributed by atoms with Gasteiger partial charge in [-0.2, -0.15) is 0 Å². The van der Waals surface area contributed by atoms with Crippen LogP contribution in [-0.2, 0) is 0 Å². The fraction of sp³-hybridized carbons (Fsp3) is 1.00. The van der Waals surface area contributed by atoms with E-state index in [0.29, 0.717) is 12.5 Å². The van der Waals surface area contributed by atoms with Crippen molar-refractivity contribution in [2.45, 2.75) is 32.6 Å². The average molecular weight is 214 g/mol. The molecule has 0 aromatic carbocycles. The van der Waals surface area contributed by atoms with E-state index in [0.717, 1.165) is 13.1 Å². The zero-order valence-corrected chi connectivity index (χ0v) is 10.0. The minimum atomic E-state index is 0.381. The minimum Gasteiger partial charge on any atom is -0.396 e. The van der Waals surface area contributed by atoms with E-state index >= 15 is 0 Å². The van der Waals surface area contributed by atoms with Crippen LogP contribution in [0.5, 0.6) is 0 Å². The Hall–Kier alpha value is -0.120. The molecule has 1 fully saturated rings. The SMILES string of the molecule is CCCNCCCN1CCC(CO)CC1. The smallest absolute Gasteiger partial charge is 0.0460 e. The molecule has 0 saturated carbocycles. The summed E-state index contributed by atoms with van der Waals surface area (Å²) in [4.78, 5) is 2.53. The van der Waals surface area contributed by atoms with E-state index < -0.39 is 0 Å². The van der Waals surface area contributed by atoms with E-state index in [-0.39, 0.29) is 0 Å². The van der Waals surface area contributed by atoms with Crippen LogP contribution in [0.25, 0.3) is 0 Å². The molecule has 1 rings (SSSR count). The molecule has 1 saturated heterocycles. The standard InChI is InChI=1S/C12H26N2O/c1-2-6-13-7-3-8-14-9-4-12(11-15)5-10-14/h12-13,15H,2-11H2,1H3. The molecular weight excluding hydrogens is 188 g/mol. The highest BCUT2D eigenvalue weighted by molar-refractivity contribution is 4.71. The second-order valence-electron chi connectivity index (χ2n) is 4.57. The van der Waals surface area contributed by atoms with Crippen LogP contribution in [0, 0.1) is 5.92 Å².